The summed E-state index contributed by atoms with van der Waals surface area (Å²) in [6, 6.07) is 20.2. The first kappa shape index (κ1) is 19.1. The molecule has 0 fully saturated rings. The molecule has 2 heterocycles. The van der Waals surface area contributed by atoms with Gasteiger partial charge in [0.05, 0.1) is 0 Å². The van der Waals surface area contributed by atoms with E-state index in [1.165, 1.54) is 0 Å². The van der Waals surface area contributed by atoms with Crippen molar-refractivity contribution in [2.24, 2.45) is 0 Å². The molecule has 2 aromatic carbocycles. The van der Waals surface area contributed by atoms with Crippen molar-refractivity contribution < 1.29 is 9.59 Å². The Morgan fingerprint density at radius 1 is 0.933 bits per heavy atom. The van der Waals surface area contributed by atoms with E-state index in [0.29, 0.717) is 12.1 Å². The van der Waals surface area contributed by atoms with Gasteiger partial charge in [-0.15, -0.1) is 0 Å². The zero-order valence-electron chi connectivity index (χ0n) is 16.1. The summed E-state index contributed by atoms with van der Waals surface area (Å²) in [5.41, 5.74) is 3.33. The van der Waals surface area contributed by atoms with Gasteiger partial charge in [-0.3, -0.25) is 14.6 Å². The molecule has 0 unspecified atom stereocenters. The third kappa shape index (κ3) is 4.44. The summed E-state index contributed by atoms with van der Waals surface area (Å²) < 4.78 is 0. The molecule has 2 amide bonds. The van der Waals surface area contributed by atoms with Gasteiger partial charge in [0, 0.05) is 47.2 Å². The van der Waals surface area contributed by atoms with Crippen LogP contribution in [0.5, 0.6) is 0 Å². The molecule has 0 bridgehead atoms. The lowest BCUT2D eigenvalue weighted by molar-refractivity contribution is -0.117. The van der Waals surface area contributed by atoms with Crippen LogP contribution in [0.15, 0.2) is 91.0 Å². The predicted molar refractivity (Wildman–Crippen MR) is 116 cm³/mol. The van der Waals surface area contributed by atoms with Crippen LogP contribution in [0.3, 0.4) is 0 Å². The Bertz CT molecular complexity index is 1200. The molecular weight excluding hydrogens is 376 g/mol. The summed E-state index contributed by atoms with van der Waals surface area (Å²) in [6.45, 7) is 0.327. The second-order valence-corrected chi connectivity index (χ2v) is 6.71. The molecule has 0 atom stereocenters. The number of aromatic amines is 1. The maximum Gasteiger partial charge on any atom is 0.268 e. The van der Waals surface area contributed by atoms with Crippen LogP contribution < -0.4 is 10.6 Å². The fourth-order valence-corrected chi connectivity index (χ4v) is 3.09. The number of hydrogen-bond donors (Lipinski definition) is 3. The lowest BCUT2D eigenvalue weighted by Crippen LogP contribution is -2.34. The minimum Gasteiger partial charge on any atom is -0.361 e. The summed E-state index contributed by atoms with van der Waals surface area (Å²) >= 11 is 0. The van der Waals surface area contributed by atoms with E-state index in [4.69, 9.17) is 0 Å². The highest BCUT2D eigenvalue weighted by Gasteiger charge is 2.15. The highest BCUT2D eigenvalue weighted by Crippen LogP contribution is 2.20. The molecule has 4 rings (SSSR count). The van der Waals surface area contributed by atoms with Gasteiger partial charge in [0.15, 0.2) is 0 Å². The molecule has 0 spiro atoms. The van der Waals surface area contributed by atoms with Crippen LogP contribution in [-0.2, 0) is 11.3 Å². The van der Waals surface area contributed by atoms with Gasteiger partial charge < -0.3 is 15.6 Å². The van der Waals surface area contributed by atoms with Crippen LogP contribution in [0.25, 0.3) is 17.0 Å². The molecule has 2 aromatic heterocycles. The molecule has 148 valence electrons. The summed E-state index contributed by atoms with van der Waals surface area (Å²) in [5, 5.41) is 6.58. The van der Waals surface area contributed by atoms with E-state index in [2.05, 4.69) is 20.6 Å². The number of nitrogens with one attached hydrogen (secondary N) is 3. The van der Waals surface area contributed by atoms with E-state index >= 15 is 0 Å². The van der Waals surface area contributed by atoms with Crippen molar-refractivity contribution in [1.29, 1.82) is 0 Å². The predicted octanol–water partition coefficient (Wildman–Crippen LogP) is 3.65. The van der Waals surface area contributed by atoms with Crippen molar-refractivity contribution in [3.63, 3.8) is 0 Å². The van der Waals surface area contributed by atoms with Gasteiger partial charge in [-0.05, 0) is 42.0 Å². The molecule has 0 radical (unpaired) electrons. The van der Waals surface area contributed by atoms with Crippen LogP contribution in [0, 0.1) is 0 Å². The number of H-pyrrole nitrogens is 1. The monoisotopic (exact) mass is 396 g/mol. The molecule has 3 N–H and O–H groups in total. The second-order valence-electron chi connectivity index (χ2n) is 6.71. The average molecular weight is 396 g/mol. The minimum absolute atomic E-state index is 0.169. The Morgan fingerprint density at radius 2 is 1.67 bits per heavy atom. The number of para-hydroxylation sites is 1. The molecule has 30 heavy (non-hydrogen) atoms. The molecule has 6 heteroatoms. The number of carbonyl (C=O) groups is 2. The molecule has 0 aliphatic carbocycles. The molecular formula is C24H20N4O2. The Morgan fingerprint density at radius 3 is 2.47 bits per heavy atom. The lowest BCUT2D eigenvalue weighted by Gasteiger charge is -2.11. The van der Waals surface area contributed by atoms with E-state index in [0.717, 1.165) is 22.0 Å². The number of pyridine rings is 1. The first-order valence-electron chi connectivity index (χ1n) is 9.52. The van der Waals surface area contributed by atoms with E-state index in [9.17, 15) is 9.59 Å². The van der Waals surface area contributed by atoms with Gasteiger partial charge in [0.1, 0.15) is 5.70 Å². The van der Waals surface area contributed by atoms with Gasteiger partial charge in [-0.2, -0.15) is 0 Å². The largest absolute Gasteiger partial charge is 0.361 e. The SMILES string of the molecule is O=C(NCc1ccncc1)/C(=C\c1c[nH]c2ccccc12)NC(=O)c1ccccc1. The number of amides is 2. The summed E-state index contributed by atoms with van der Waals surface area (Å²) in [5.74, 6) is -0.720. The van der Waals surface area contributed by atoms with Crippen LogP contribution in [0.4, 0.5) is 0 Å². The molecule has 0 aliphatic heterocycles. The quantitative estimate of drug-likeness (QED) is 0.435. The van der Waals surface area contributed by atoms with Gasteiger partial charge in [0.2, 0.25) is 0 Å². The van der Waals surface area contributed by atoms with Gasteiger partial charge in [-0.1, -0.05) is 36.4 Å². The second kappa shape index (κ2) is 8.87. The third-order valence-electron chi connectivity index (χ3n) is 4.65. The molecule has 0 aliphatic rings. The number of carbonyl (C=O) groups excluding carboxylic acids is 2. The van der Waals surface area contributed by atoms with Crippen LogP contribution >= 0.6 is 0 Å². The molecule has 4 aromatic rings. The number of fused-ring (bicyclic) bond motifs is 1. The highest BCUT2D eigenvalue weighted by molar-refractivity contribution is 6.06. The van der Waals surface area contributed by atoms with Crippen molar-refractivity contribution in [3.05, 3.63) is 108 Å². The van der Waals surface area contributed by atoms with E-state index in [1.807, 2.05) is 48.7 Å². The van der Waals surface area contributed by atoms with Gasteiger partial charge >= 0.3 is 0 Å². The van der Waals surface area contributed by atoms with Crippen molar-refractivity contribution in [2.75, 3.05) is 0 Å². The zero-order valence-corrected chi connectivity index (χ0v) is 16.1. The fourth-order valence-electron chi connectivity index (χ4n) is 3.09. The minimum atomic E-state index is -0.374. The fraction of sp³-hybridized carbons (Fsp3) is 0.0417. The van der Waals surface area contributed by atoms with Crippen molar-refractivity contribution in [3.8, 4) is 0 Å². The van der Waals surface area contributed by atoms with E-state index in [-0.39, 0.29) is 17.5 Å². The van der Waals surface area contributed by atoms with Crippen molar-refractivity contribution >= 4 is 28.8 Å². The van der Waals surface area contributed by atoms with Crippen LogP contribution in [0.2, 0.25) is 0 Å². The van der Waals surface area contributed by atoms with Crippen molar-refractivity contribution in [1.82, 2.24) is 20.6 Å². The molecule has 0 saturated carbocycles. The summed E-state index contributed by atoms with van der Waals surface area (Å²) in [6.07, 6.45) is 6.83. The normalized spacial score (nSPS) is 11.3. The maximum absolute atomic E-state index is 12.9. The van der Waals surface area contributed by atoms with Crippen molar-refractivity contribution in [2.45, 2.75) is 6.54 Å². The Kier molecular flexibility index (Phi) is 5.66. The highest BCUT2D eigenvalue weighted by atomic mass is 16.2. The number of benzene rings is 2. The van der Waals surface area contributed by atoms with Gasteiger partial charge in [0.25, 0.3) is 11.8 Å². The Balaban J connectivity index is 1.61. The lowest BCUT2D eigenvalue weighted by atomic mass is 10.1. The average Bonchev–Trinajstić information content (AvgIpc) is 3.21. The zero-order chi connectivity index (χ0) is 20.8. The summed E-state index contributed by atoms with van der Waals surface area (Å²) in [7, 11) is 0. The summed E-state index contributed by atoms with van der Waals surface area (Å²) in [4.78, 5) is 32.8. The van der Waals surface area contributed by atoms with Gasteiger partial charge in [-0.25, -0.2) is 0 Å². The van der Waals surface area contributed by atoms with Crippen LogP contribution in [0.1, 0.15) is 21.5 Å². The van der Waals surface area contributed by atoms with E-state index < -0.39 is 0 Å². The third-order valence-corrected chi connectivity index (χ3v) is 4.65. The van der Waals surface area contributed by atoms with E-state index in [1.54, 1.807) is 42.7 Å². The number of nitrogens with zero attached hydrogens (tertiary/aromatic N) is 1. The topological polar surface area (TPSA) is 86.9 Å². The number of rotatable bonds is 6. The molecule has 6 nitrogen and oxygen atoms in total. The Labute approximate surface area is 173 Å². The standard InChI is InChI=1S/C24H20N4O2/c29-23(18-6-2-1-3-7-18)28-22(24(30)27-15-17-10-12-25-13-11-17)14-19-16-26-21-9-5-4-8-20(19)21/h1-14,16,26H,15H2,(H,27,30)(H,28,29)/b22-14+. The molecule has 0 saturated heterocycles. The first-order chi connectivity index (χ1) is 14.7. The number of aromatic nitrogens is 2. The first-order valence-corrected chi connectivity index (χ1v) is 9.52. The maximum atomic E-state index is 12.9. The smallest absolute Gasteiger partial charge is 0.268 e. The Hall–Kier alpha value is -4.19. The number of hydrogen-bond acceptors (Lipinski definition) is 3. The van der Waals surface area contributed by atoms with Crippen LogP contribution in [-0.4, -0.2) is 21.8 Å².